The lowest BCUT2D eigenvalue weighted by Gasteiger charge is -2.23. The van der Waals surface area contributed by atoms with Crippen molar-refractivity contribution >= 4 is 22.4 Å². The number of aromatic nitrogens is 2. The van der Waals surface area contributed by atoms with Gasteiger partial charge in [-0.05, 0) is 37.6 Å². The molecule has 106 valence electrons. The van der Waals surface area contributed by atoms with Crippen LogP contribution in [0.2, 0.25) is 5.15 Å². The van der Waals surface area contributed by atoms with Crippen LogP contribution in [0.5, 0.6) is 5.88 Å². The van der Waals surface area contributed by atoms with Crippen molar-refractivity contribution in [2.24, 2.45) is 0 Å². The number of pyridine rings is 2. The van der Waals surface area contributed by atoms with E-state index in [0.29, 0.717) is 17.5 Å². The maximum absolute atomic E-state index is 10.5. The normalized spacial score (nSPS) is 18.0. The Morgan fingerprint density at radius 2 is 2.10 bits per heavy atom. The standard InChI is InChI=1S/C15H17ClN2O2/c1-3-15(2,19)12-8-18-14(20-9-4-5-9)11-7-17-13(16)6-10(11)12/h6-9,19H,3-5H2,1-2H3/t15-/m1/s1. The molecule has 2 heterocycles. The van der Waals surface area contributed by atoms with Crippen molar-refractivity contribution in [3.63, 3.8) is 0 Å². The van der Waals surface area contributed by atoms with Gasteiger partial charge in [0.25, 0.3) is 0 Å². The summed E-state index contributed by atoms with van der Waals surface area (Å²) in [7, 11) is 0. The first kappa shape index (κ1) is 13.6. The molecule has 20 heavy (non-hydrogen) atoms. The number of hydrogen-bond donors (Lipinski definition) is 1. The molecular formula is C15H17ClN2O2. The van der Waals surface area contributed by atoms with E-state index in [-0.39, 0.29) is 6.10 Å². The van der Waals surface area contributed by atoms with E-state index in [4.69, 9.17) is 16.3 Å². The molecule has 5 heteroatoms. The van der Waals surface area contributed by atoms with Gasteiger partial charge >= 0.3 is 0 Å². The monoisotopic (exact) mass is 292 g/mol. The van der Waals surface area contributed by atoms with Crippen molar-refractivity contribution < 1.29 is 9.84 Å². The lowest BCUT2D eigenvalue weighted by molar-refractivity contribution is 0.0542. The molecular weight excluding hydrogens is 276 g/mol. The molecule has 0 unspecified atom stereocenters. The molecule has 0 bridgehead atoms. The van der Waals surface area contributed by atoms with Crippen LogP contribution in [0.15, 0.2) is 18.5 Å². The Morgan fingerprint density at radius 1 is 1.35 bits per heavy atom. The van der Waals surface area contributed by atoms with Crippen LogP contribution in [0.25, 0.3) is 10.8 Å². The van der Waals surface area contributed by atoms with E-state index < -0.39 is 5.60 Å². The summed E-state index contributed by atoms with van der Waals surface area (Å²) in [6.45, 7) is 3.71. The van der Waals surface area contributed by atoms with Gasteiger partial charge < -0.3 is 9.84 Å². The Morgan fingerprint density at radius 3 is 2.75 bits per heavy atom. The fraction of sp³-hybridized carbons (Fsp3) is 0.467. The first-order chi connectivity index (χ1) is 9.51. The summed E-state index contributed by atoms with van der Waals surface area (Å²) >= 11 is 6.00. The quantitative estimate of drug-likeness (QED) is 0.877. The third-order valence-electron chi connectivity index (χ3n) is 3.77. The first-order valence-corrected chi connectivity index (χ1v) is 7.23. The number of nitrogens with zero attached hydrogens (tertiary/aromatic N) is 2. The van der Waals surface area contributed by atoms with Crippen molar-refractivity contribution in [3.8, 4) is 5.88 Å². The molecule has 0 saturated heterocycles. The van der Waals surface area contributed by atoms with Gasteiger partial charge in [-0.25, -0.2) is 9.97 Å². The zero-order valence-corrected chi connectivity index (χ0v) is 12.3. The highest BCUT2D eigenvalue weighted by atomic mass is 35.5. The van der Waals surface area contributed by atoms with E-state index >= 15 is 0 Å². The molecule has 0 amide bonds. The van der Waals surface area contributed by atoms with Gasteiger partial charge in [0, 0.05) is 18.0 Å². The smallest absolute Gasteiger partial charge is 0.223 e. The average Bonchev–Trinajstić information content (AvgIpc) is 3.22. The molecule has 0 spiro atoms. The van der Waals surface area contributed by atoms with Crippen molar-refractivity contribution in [1.29, 1.82) is 0 Å². The van der Waals surface area contributed by atoms with E-state index in [1.165, 1.54) is 0 Å². The van der Waals surface area contributed by atoms with Crippen LogP contribution in [-0.4, -0.2) is 21.2 Å². The van der Waals surface area contributed by atoms with E-state index in [1.807, 2.05) is 6.92 Å². The van der Waals surface area contributed by atoms with Gasteiger partial charge in [-0.3, -0.25) is 0 Å². The van der Waals surface area contributed by atoms with Crippen molar-refractivity contribution in [2.75, 3.05) is 0 Å². The Hall–Kier alpha value is -1.39. The number of rotatable bonds is 4. The van der Waals surface area contributed by atoms with E-state index in [1.54, 1.807) is 25.4 Å². The van der Waals surface area contributed by atoms with Crippen LogP contribution in [-0.2, 0) is 5.60 Å². The van der Waals surface area contributed by atoms with Crippen LogP contribution in [0.1, 0.15) is 38.7 Å². The molecule has 1 atom stereocenters. The van der Waals surface area contributed by atoms with Gasteiger partial charge in [0.15, 0.2) is 0 Å². The van der Waals surface area contributed by atoms with Crippen molar-refractivity contribution in [3.05, 3.63) is 29.2 Å². The van der Waals surface area contributed by atoms with Gasteiger partial charge in [0.1, 0.15) is 11.3 Å². The van der Waals surface area contributed by atoms with E-state index in [9.17, 15) is 5.11 Å². The molecule has 0 aromatic carbocycles. The lowest BCUT2D eigenvalue weighted by atomic mass is 9.91. The van der Waals surface area contributed by atoms with Crippen LogP contribution in [0.3, 0.4) is 0 Å². The number of ether oxygens (including phenoxy) is 1. The van der Waals surface area contributed by atoms with Gasteiger partial charge in [-0.2, -0.15) is 0 Å². The number of halogens is 1. The summed E-state index contributed by atoms with van der Waals surface area (Å²) in [5, 5.41) is 12.6. The lowest BCUT2D eigenvalue weighted by Crippen LogP contribution is -2.20. The molecule has 2 aromatic rings. The first-order valence-electron chi connectivity index (χ1n) is 6.85. The molecule has 1 fully saturated rings. The fourth-order valence-corrected chi connectivity index (χ4v) is 2.30. The molecule has 1 aliphatic carbocycles. The predicted octanol–water partition coefficient (Wildman–Crippen LogP) is 3.44. The van der Waals surface area contributed by atoms with Crippen LogP contribution in [0.4, 0.5) is 0 Å². The van der Waals surface area contributed by atoms with Crippen LogP contribution >= 0.6 is 11.6 Å². The Bertz CT molecular complexity index is 654. The topological polar surface area (TPSA) is 55.2 Å². The second-order valence-electron chi connectivity index (χ2n) is 5.47. The Labute approximate surface area is 122 Å². The number of hydrogen-bond acceptors (Lipinski definition) is 4. The zero-order valence-electron chi connectivity index (χ0n) is 11.6. The van der Waals surface area contributed by atoms with Gasteiger partial charge in [-0.15, -0.1) is 0 Å². The molecule has 0 radical (unpaired) electrons. The maximum atomic E-state index is 10.5. The van der Waals surface area contributed by atoms with Crippen LogP contribution < -0.4 is 4.74 Å². The van der Waals surface area contributed by atoms with Gasteiger partial charge in [-0.1, -0.05) is 18.5 Å². The van der Waals surface area contributed by atoms with Gasteiger partial charge in [0.2, 0.25) is 5.88 Å². The largest absolute Gasteiger partial charge is 0.474 e. The zero-order chi connectivity index (χ0) is 14.3. The van der Waals surface area contributed by atoms with Crippen molar-refractivity contribution in [2.45, 2.75) is 44.8 Å². The van der Waals surface area contributed by atoms with E-state index in [0.717, 1.165) is 29.2 Å². The highest BCUT2D eigenvalue weighted by Gasteiger charge is 2.28. The minimum atomic E-state index is -0.950. The maximum Gasteiger partial charge on any atom is 0.223 e. The summed E-state index contributed by atoms with van der Waals surface area (Å²) in [6, 6.07) is 1.76. The highest BCUT2D eigenvalue weighted by Crippen LogP contribution is 2.36. The molecule has 4 nitrogen and oxygen atoms in total. The SMILES string of the molecule is CC[C@@](C)(O)c1cnc(OC2CC2)c2cnc(Cl)cc12. The molecule has 1 N–H and O–H groups in total. The number of fused-ring (bicyclic) bond motifs is 1. The third-order valence-corrected chi connectivity index (χ3v) is 3.98. The minimum Gasteiger partial charge on any atom is -0.474 e. The second kappa shape index (κ2) is 4.86. The fourth-order valence-electron chi connectivity index (χ4n) is 2.14. The van der Waals surface area contributed by atoms with Crippen molar-refractivity contribution in [1.82, 2.24) is 9.97 Å². The second-order valence-corrected chi connectivity index (χ2v) is 5.86. The predicted molar refractivity (Wildman–Crippen MR) is 78.1 cm³/mol. The average molecular weight is 293 g/mol. The third kappa shape index (κ3) is 2.45. The summed E-state index contributed by atoms with van der Waals surface area (Å²) in [4.78, 5) is 8.47. The minimum absolute atomic E-state index is 0.263. The summed E-state index contributed by atoms with van der Waals surface area (Å²) in [5.74, 6) is 0.572. The summed E-state index contributed by atoms with van der Waals surface area (Å²) < 4.78 is 5.80. The molecule has 1 saturated carbocycles. The molecule has 3 rings (SSSR count). The number of aliphatic hydroxyl groups is 1. The molecule has 2 aromatic heterocycles. The van der Waals surface area contributed by atoms with Gasteiger partial charge in [0.05, 0.1) is 11.0 Å². The summed E-state index contributed by atoms with van der Waals surface area (Å²) in [5.41, 5.74) is -0.198. The van der Waals surface area contributed by atoms with Crippen LogP contribution in [0, 0.1) is 0 Å². The molecule has 0 aliphatic heterocycles. The van der Waals surface area contributed by atoms with E-state index in [2.05, 4.69) is 9.97 Å². The highest BCUT2D eigenvalue weighted by molar-refractivity contribution is 6.30. The molecule has 1 aliphatic rings. The summed E-state index contributed by atoms with van der Waals surface area (Å²) in [6.07, 6.45) is 6.33. The Kier molecular flexibility index (Phi) is 3.30. The Balaban J connectivity index is 2.19.